The number of halogens is 1. The number of nitrogens with one attached hydrogen (secondary N) is 2. The van der Waals surface area contributed by atoms with Crippen molar-refractivity contribution in [2.24, 2.45) is 4.99 Å². The van der Waals surface area contributed by atoms with Crippen molar-refractivity contribution in [3.05, 3.63) is 65.4 Å². The van der Waals surface area contributed by atoms with Gasteiger partial charge in [-0.3, -0.25) is 10.1 Å². The minimum Gasteiger partial charge on any atom is -0.492 e. The predicted molar refractivity (Wildman–Crippen MR) is 112 cm³/mol. The molecule has 0 unspecified atom stereocenters. The molecule has 0 amide bonds. The Morgan fingerprint density at radius 3 is 2.79 bits per heavy atom. The van der Waals surface area contributed by atoms with Gasteiger partial charge in [0.05, 0.1) is 6.54 Å². The molecule has 1 aromatic heterocycles. The number of hydrogen-bond acceptors (Lipinski definition) is 4. The summed E-state index contributed by atoms with van der Waals surface area (Å²) in [6, 6.07) is 15.5. The van der Waals surface area contributed by atoms with Gasteiger partial charge in [-0.05, 0) is 35.9 Å². The zero-order valence-electron chi connectivity index (χ0n) is 15.9. The predicted octanol–water partition coefficient (Wildman–Crippen LogP) is 3.21. The van der Waals surface area contributed by atoms with Crippen LogP contribution in [0.5, 0.6) is 5.75 Å². The molecule has 2 aromatic carbocycles. The van der Waals surface area contributed by atoms with Gasteiger partial charge < -0.3 is 15.0 Å². The Hall–Kier alpha value is -3.06. The molecule has 0 fully saturated rings. The average molecular weight is 399 g/mol. The van der Waals surface area contributed by atoms with Crippen LogP contribution in [0.1, 0.15) is 5.56 Å². The van der Waals surface area contributed by atoms with Crippen LogP contribution in [-0.4, -0.2) is 53.3 Å². The summed E-state index contributed by atoms with van der Waals surface area (Å²) in [7, 11) is 3.75. The van der Waals surface area contributed by atoms with Crippen molar-refractivity contribution in [2.75, 3.05) is 27.2 Å². The summed E-state index contributed by atoms with van der Waals surface area (Å²) in [5, 5.41) is 10.8. The third-order valence-electron chi connectivity index (χ3n) is 4.15. The minimum atomic E-state index is 0.541. The van der Waals surface area contributed by atoms with E-state index in [4.69, 9.17) is 16.3 Å². The smallest absolute Gasteiger partial charge is 0.193 e. The summed E-state index contributed by atoms with van der Waals surface area (Å²) in [6.45, 7) is 1.89. The van der Waals surface area contributed by atoms with Crippen molar-refractivity contribution >= 4 is 17.6 Å². The van der Waals surface area contributed by atoms with Crippen LogP contribution < -0.4 is 10.1 Å². The molecular weight excluding hydrogens is 376 g/mol. The van der Waals surface area contributed by atoms with Crippen molar-refractivity contribution in [3.63, 3.8) is 0 Å². The van der Waals surface area contributed by atoms with Crippen LogP contribution in [0.15, 0.2) is 59.9 Å². The number of hydrogen-bond donors (Lipinski definition) is 2. The van der Waals surface area contributed by atoms with E-state index in [-0.39, 0.29) is 0 Å². The van der Waals surface area contributed by atoms with Crippen LogP contribution in [-0.2, 0) is 6.54 Å². The van der Waals surface area contributed by atoms with E-state index in [0.717, 1.165) is 28.7 Å². The van der Waals surface area contributed by atoms with Gasteiger partial charge >= 0.3 is 0 Å². The van der Waals surface area contributed by atoms with E-state index >= 15 is 0 Å². The minimum absolute atomic E-state index is 0.541. The van der Waals surface area contributed by atoms with E-state index < -0.39 is 0 Å². The molecule has 0 aliphatic heterocycles. The molecule has 0 saturated heterocycles. The second-order valence-electron chi connectivity index (χ2n) is 6.16. The summed E-state index contributed by atoms with van der Waals surface area (Å²) >= 11 is 5.88. The van der Waals surface area contributed by atoms with Crippen molar-refractivity contribution in [3.8, 4) is 17.1 Å². The van der Waals surface area contributed by atoms with Crippen LogP contribution >= 0.6 is 11.6 Å². The van der Waals surface area contributed by atoms with Crippen LogP contribution in [0.4, 0.5) is 0 Å². The van der Waals surface area contributed by atoms with E-state index in [1.54, 1.807) is 7.05 Å². The number of guanidine groups is 1. The van der Waals surface area contributed by atoms with Gasteiger partial charge in [0.15, 0.2) is 11.8 Å². The van der Waals surface area contributed by atoms with Gasteiger partial charge in [-0.2, -0.15) is 5.10 Å². The summed E-state index contributed by atoms with van der Waals surface area (Å²) < 4.78 is 5.75. The van der Waals surface area contributed by atoms with Crippen LogP contribution in [0.3, 0.4) is 0 Å². The lowest BCUT2D eigenvalue weighted by Crippen LogP contribution is -2.40. The highest BCUT2D eigenvalue weighted by Gasteiger charge is 2.07. The van der Waals surface area contributed by atoms with Gasteiger partial charge in [-0.25, -0.2) is 4.98 Å². The van der Waals surface area contributed by atoms with Crippen LogP contribution in [0.2, 0.25) is 5.02 Å². The number of benzene rings is 2. The molecule has 3 rings (SSSR count). The lowest BCUT2D eigenvalue weighted by molar-refractivity contribution is 0.281. The molecule has 8 heteroatoms. The first-order valence-corrected chi connectivity index (χ1v) is 9.28. The van der Waals surface area contributed by atoms with E-state index in [1.807, 2.05) is 48.3 Å². The fraction of sp³-hybridized carbons (Fsp3) is 0.250. The Balaban J connectivity index is 1.50. The number of nitrogens with zero attached hydrogens (tertiary/aromatic N) is 4. The molecule has 1 heterocycles. The Morgan fingerprint density at radius 1 is 1.25 bits per heavy atom. The van der Waals surface area contributed by atoms with Gasteiger partial charge in [0.1, 0.15) is 18.7 Å². The molecule has 0 atom stereocenters. The molecule has 28 heavy (non-hydrogen) atoms. The highest BCUT2D eigenvalue weighted by atomic mass is 35.5. The molecule has 0 bridgehead atoms. The van der Waals surface area contributed by atoms with Gasteiger partial charge in [-0.1, -0.05) is 29.8 Å². The number of aromatic nitrogens is 3. The van der Waals surface area contributed by atoms with Crippen LogP contribution in [0.25, 0.3) is 11.4 Å². The molecule has 0 radical (unpaired) electrons. The molecule has 0 saturated carbocycles. The maximum atomic E-state index is 5.88. The Bertz CT molecular complexity index is 895. The first-order chi connectivity index (χ1) is 13.7. The molecule has 146 valence electrons. The molecule has 3 aromatic rings. The SMILES string of the molecule is CN=C(NCc1cccc(-c2ncn[nH]2)c1)N(C)CCOc1ccc(Cl)cc1. The monoisotopic (exact) mass is 398 g/mol. The highest BCUT2D eigenvalue weighted by Crippen LogP contribution is 2.16. The summed E-state index contributed by atoms with van der Waals surface area (Å²) in [5.74, 6) is 2.34. The number of aromatic amines is 1. The van der Waals surface area contributed by atoms with E-state index in [9.17, 15) is 0 Å². The molecule has 0 aliphatic rings. The van der Waals surface area contributed by atoms with Crippen molar-refractivity contribution in [1.29, 1.82) is 0 Å². The molecular formula is C20H23ClN6O. The Labute approximate surface area is 169 Å². The van der Waals surface area contributed by atoms with E-state index in [2.05, 4.69) is 37.6 Å². The average Bonchev–Trinajstić information content (AvgIpc) is 3.25. The normalized spacial score (nSPS) is 11.3. The molecule has 2 N–H and O–H groups in total. The quantitative estimate of drug-likeness (QED) is 0.472. The number of rotatable bonds is 7. The largest absolute Gasteiger partial charge is 0.492 e. The number of likely N-dealkylation sites (N-methyl/N-ethyl adjacent to an activating group) is 1. The Morgan fingerprint density at radius 2 is 2.07 bits per heavy atom. The maximum Gasteiger partial charge on any atom is 0.193 e. The molecule has 0 spiro atoms. The fourth-order valence-corrected chi connectivity index (χ4v) is 2.80. The summed E-state index contributed by atoms with van der Waals surface area (Å²) in [5.41, 5.74) is 2.12. The number of ether oxygens (including phenoxy) is 1. The Kier molecular flexibility index (Phi) is 6.86. The first-order valence-electron chi connectivity index (χ1n) is 8.90. The topological polar surface area (TPSA) is 78.4 Å². The number of H-pyrrole nitrogens is 1. The van der Waals surface area contributed by atoms with E-state index in [1.165, 1.54) is 6.33 Å². The molecule has 0 aliphatic carbocycles. The third kappa shape index (κ3) is 5.47. The second kappa shape index (κ2) is 9.75. The van der Waals surface area contributed by atoms with Gasteiger partial charge in [0, 0.05) is 31.2 Å². The van der Waals surface area contributed by atoms with Gasteiger partial charge in [0.2, 0.25) is 0 Å². The maximum absolute atomic E-state index is 5.88. The lowest BCUT2D eigenvalue weighted by atomic mass is 10.1. The van der Waals surface area contributed by atoms with Gasteiger partial charge in [0.25, 0.3) is 0 Å². The first kappa shape index (κ1) is 19.7. The fourth-order valence-electron chi connectivity index (χ4n) is 2.68. The second-order valence-corrected chi connectivity index (χ2v) is 6.60. The van der Waals surface area contributed by atoms with Crippen LogP contribution in [0, 0.1) is 0 Å². The summed E-state index contributed by atoms with van der Waals surface area (Å²) in [4.78, 5) is 10.6. The van der Waals surface area contributed by atoms with Crippen molar-refractivity contribution in [1.82, 2.24) is 25.4 Å². The van der Waals surface area contributed by atoms with Crippen molar-refractivity contribution in [2.45, 2.75) is 6.54 Å². The molecule has 7 nitrogen and oxygen atoms in total. The summed E-state index contributed by atoms with van der Waals surface area (Å²) in [6.07, 6.45) is 1.50. The third-order valence-corrected chi connectivity index (χ3v) is 4.40. The van der Waals surface area contributed by atoms with Crippen molar-refractivity contribution < 1.29 is 4.74 Å². The number of aliphatic imine (C=N–C) groups is 1. The highest BCUT2D eigenvalue weighted by molar-refractivity contribution is 6.30. The lowest BCUT2D eigenvalue weighted by Gasteiger charge is -2.22. The van der Waals surface area contributed by atoms with Gasteiger partial charge in [-0.15, -0.1) is 0 Å². The standard InChI is InChI=1S/C20H23ClN6O/c1-22-20(27(2)10-11-28-18-8-6-17(21)7-9-18)23-13-15-4-3-5-16(12-15)19-24-14-25-26-19/h3-9,12,14H,10-11,13H2,1-2H3,(H,22,23)(H,24,25,26). The van der Waals surface area contributed by atoms with E-state index in [0.29, 0.717) is 24.7 Å². The zero-order chi connectivity index (χ0) is 19.8. The zero-order valence-corrected chi connectivity index (χ0v) is 16.6.